The maximum Gasteiger partial charge on any atom is 0.123 e. The number of rotatable bonds is 6. The van der Waals surface area contributed by atoms with Crippen LogP contribution in [-0.2, 0) is 0 Å². The first-order valence-electron chi connectivity index (χ1n) is 5.99. The summed E-state index contributed by atoms with van der Waals surface area (Å²) in [6.07, 6.45) is 0.123. The largest absolute Gasteiger partial charge is 0.491 e. The fraction of sp³-hybridized carbons (Fsp3) is 0.538. The van der Waals surface area contributed by atoms with E-state index in [4.69, 9.17) is 15.6 Å². The Morgan fingerprint density at radius 2 is 2.06 bits per heavy atom. The molecular formula is C13H22N2O2. The average molecular weight is 238 g/mol. The lowest BCUT2D eigenvalue weighted by atomic mass is 10.2. The minimum atomic E-state index is 0.123. The van der Waals surface area contributed by atoms with Crippen LogP contribution in [-0.4, -0.2) is 30.9 Å². The van der Waals surface area contributed by atoms with Crippen LogP contribution in [0.15, 0.2) is 18.2 Å². The third-order valence-corrected chi connectivity index (χ3v) is 2.40. The van der Waals surface area contributed by atoms with Gasteiger partial charge in [0, 0.05) is 36.6 Å². The molecule has 0 spiro atoms. The molecule has 0 atom stereocenters. The van der Waals surface area contributed by atoms with Crippen LogP contribution in [0.25, 0.3) is 0 Å². The Labute approximate surface area is 103 Å². The summed E-state index contributed by atoms with van der Waals surface area (Å²) in [5, 5.41) is 9.01. The van der Waals surface area contributed by atoms with Crippen molar-refractivity contribution in [1.29, 1.82) is 0 Å². The molecule has 0 fully saturated rings. The molecule has 3 N–H and O–H groups in total. The second-order valence-electron chi connectivity index (χ2n) is 4.23. The van der Waals surface area contributed by atoms with Crippen molar-refractivity contribution in [3.05, 3.63) is 18.2 Å². The van der Waals surface area contributed by atoms with Gasteiger partial charge in [-0.2, -0.15) is 0 Å². The van der Waals surface area contributed by atoms with E-state index < -0.39 is 0 Å². The van der Waals surface area contributed by atoms with Crippen molar-refractivity contribution in [2.24, 2.45) is 0 Å². The summed E-state index contributed by atoms with van der Waals surface area (Å²) in [5.74, 6) is 0.770. The fourth-order valence-corrected chi connectivity index (χ4v) is 1.72. The molecule has 0 amide bonds. The number of ether oxygens (including phenoxy) is 1. The van der Waals surface area contributed by atoms with Gasteiger partial charge in [0.1, 0.15) is 5.75 Å². The predicted octanol–water partition coefficient (Wildman–Crippen LogP) is 1.87. The predicted molar refractivity (Wildman–Crippen MR) is 71.6 cm³/mol. The smallest absolute Gasteiger partial charge is 0.123 e. The number of nitrogen functional groups attached to an aromatic ring is 1. The van der Waals surface area contributed by atoms with E-state index >= 15 is 0 Å². The molecule has 96 valence electrons. The van der Waals surface area contributed by atoms with Crippen molar-refractivity contribution in [3.8, 4) is 5.75 Å². The fourth-order valence-electron chi connectivity index (χ4n) is 1.72. The van der Waals surface area contributed by atoms with E-state index in [0.29, 0.717) is 12.2 Å². The summed E-state index contributed by atoms with van der Waals surface area (Å²) in [6.45, 7) is 7.55. The topological polar surface area (TPSA) is 58.7 Å². The summed E-state index contributed by atoms with van der Waals surface area (Å²) >= 11 is 0. The SMILES string of the molecule is CCN(CCO)c1cc(N)cc(OC(C)C)c1. The van der Waals surface area contributed by atoms with E-state index in [0.717, 1.165) is 18.0 Å². The molecule has 0 unspecified atom stereocenters. The normalized spacial score (nSPS) is 10.6. The molecule has 17 heavy (non-hydrogen) atoms. The van der Waals surface area contributed by atoms with Crippen molar-refractivity contribution >= 4 is 11.4 Å². The first-order valence-corrected chi connectivity index (χ1v) is 5.99. The molecule has 1 rings (SSSR count). The lowest BCUT2D eigenvalue weighted by Gasteiger charge is -2.23. The zero-order valence-electron chi connectivity index (χ0n) is 10.8. The molecule has 0 saturated carbocycles. The molecule has 0 aliphatic rings. The minimum Gasteiger partial charge on any atom is -0.491 e. The Hall–Kier alpha value is -1.42. The van der Waals surface area contributed by atoms with Crippen LogP contribution in [0.1, 0.15) is 20.8 Å². The van der Waals surface area contributed by atoms with Gasteiger partial charge in [-0.1, -0.05) is 0 Å². The number of hydrogen-bond acceptors (Lipinski definition) is 4. The standard InChI is InChI=1S/C13H22N2O2/c1-4-15(5-6-16)12-7-11(14)8-13(9-12)17-10(2)3/h7-10,16H,4-6,14H2,1-3H3. The third-order valence-electron chi connectivity index (χ3n) is 2.40. The Bertz CT molecular complexity index is 353. The van der Waals surface area contributed by atoms with Crippen molar-refractivity contribution in [3.63, 3.8) is 0 Å². The van der Waals surface area contributed by atoms with Crippen molar-refractivity contribution in [2.75, 3.05) is 30.3 Å². The number of nitrogens with two attached hydrogens (primary N) is 1. The highest BCUT2D eigenvalue weighted by Crippen LogP contribution is 2.26. The molecule has 0 heterocycles. The van der Waals surface area contributed by atoms with Gasteiger partial charge in [-0.3, -0.25) is 0 Å². The maximum atomic E-state index is 9.01. The Morgan fingerprint density at radius 1 is 1.35 bits per heavy atom. The van der Waals surface area contributed by atoms with Crippen LogP contribution in [0, 0.1) is 0 Å². The van der Waals surface area contributed by atoms with Crippen LogP contribution in [0.4, 0.5) is 11.4 Å². The van der Waals surface area contributed by atoms with E-state index in [9.17, 15) is 0 Å². The van der Waals surface area contributed by atoms with Gasteiger partial charge in [-0.15, -0.1) is 0 Å². The van der Waals surface area contributed by atoms with Gasteiger partial charge in [0.25, 0.3) is 0 Å². The molecule has 4 nitrogen and oxygen atoms in total. The highest BCUT2D eigenvalue weighted by Gasteiger charge is 2.07. The maximum absolute atomic E-state index is 9.01. The van der Waals surface area contributed by atoms with Gasteiger partial charge in [0.2, 0.25) is 0 Å². The number of likely N-dealkylation sites (N-methyl/N-ethyl adjacent to an activating group) is 1. The number of nitrogens with zero attached hydrogens (tertiary/aromatic N) is 1. The molecule has 1 aromatic rings. The summed E-state index contributed by atoms with van der Waals surface area (Å²) in [6, 6.07) is 5.66. The summed E-state index contributed by atoms with van der Waals surface area (Å²) in [5.41, 5.74) is 7.51. The van der Waals surface area contributed by atoms with Gasteiger partial charge < -0.3 is 20.5 Å². The second kappa shape index (κ2) is 6.35. The highest BCUT2D eigenvalue weighted by atomic mass is 16.5. The van der Waals surface area contributed by atoms with Gasteiger partial charge in [-0.25, -0.2) is 0 Å². The summed E-state index contributed by atoms with van der Waals surface area (Å²) in [7, 11) is 0. The van der Waals surface area contributed by atoms with Crippen LogP contribution in [0.2, 0.25) is 0 Å². The van der Waals surface area contributed by atoms with Crippen LogP contribution < -0.4 is 15.4 Å². The Morgan fingerprint density at radius 3 is 2.59 bits per heavy atom. The lowest BCUT2D eigenvalue weighted by Crippen LogP contribution is -2.26. The molecule has 4 heteroatoms. The number of benzene rings is 1. The van der Waals surface area contributed by atoms with Crippen molar-refractivity contribution < 1.29 is 9.84 Å². The van der Waals surface area contributed by atoms with E-state index in [1.54, 1.807) is 0 Å². The second-order valence-corrected chi connectivity index (χ2v) is 4.23. The van der Waals surface area contributed by atoms with Gasteiger partial charge >= 0.3 is 0 Å². The van der Waals surface area contributed by atoms with Gasteiger partial charge in [0.05, 0.1) is 12.7 Å². The van der Waals surface area contributed by atoms with Crippen LogP contribution >= 0.6 is 0 Å². The van der Waals surface area contributed by atoms with Gasteiger partial charge in [-0.05, 0) is 26.8 Å². The molecule has 0 saturated heterocycles. The quantitative estimate of drug-likeness (QED) is 0.743. The highest BCUT2D eigenvalue weighted by molar-refractivity contribution is 5.60. The molecule has 1 aromatic carbocycles. The Balaban J connectivity index is 2.94. The van der Waals surface area contributed by atoms with Crippen molar-refractivity contribution in [2.45, 2.75) is 26.9 Å². The van der Waals surface area contributed by atoms with Crippen molar-refractivity contribution in [1.82, 2.24) is 0 Å². The van der Waals surface area contributed by atoms with Gasteiger partial charge in [0.15, 0.2) is 0 Å². The molecule has 0 radical (unpaired) electrons. The van der Waals surface area contributed by atoms with Crippen LogP contribution in [0.3, 0.4) is 0 Å². The van der Waals surface area contributed by atoms with E-state index in [-0.39, 0.29) is 12.7 Å². The first-order chi connectivity index (χ1) is 8.06. The molecular weight excluding hydrogens is 216 g/mol. The lowest BCUT2D eigenvalue weighted by molar-refractivity contribution is 0.242. The summed E-state index contributed by atoms with van der Waals surface area (Å²) < 4.78 is 5.64. The number of hydrogen-bond donors (Lipinski definition) is 2. The zero-order chi connectivity index (χ0) is 12.8. The molecule has 0 aromatic heterocycles. The van der Waals surface area contributed by atoms with Crippen LogP contribution in [0.5, 0.6) is 5.75 Å². The summed E-state index contributed by atoms with van der Waals surface area (Å²) in [4.78, 5) is 2.06. The molecule has 0 bridgehead atoms. The zero-order valence-corrected chi connectivity index (χ0v) is 10.8. The number of aliphatic hydroxyl groups is 1. The number of anilines is 2. The minimum absolute atomic E-state index is 0.123. The molecule has 0 aliphatic carbocycles. The van der Waals surface area contributed by atoms with E-state index in [2.05, 4.69) is 4.90 Å². The Kier molecular flexibility index (Phi) is 5.10. The molecule has 0 aliphatic heterocycles. The first kappa shape index (κ1) is 13.6. The monoisotopic (exact) mass is 238 g/mol. The van der Waals surface area contributed by atoms with E-state index in [1.165, 1.54) is 0 Å². The average Bonchev–Trinajstić information content (AvgIpc) is 2.23. The van der Waals surface area contributed by atoms with E-state index in [1.807, 2.05) is 39.0 Å². The number of aliphatic hydroxyl groups excluding tert-OH is 1. The third kappa shape index (κ3) is 4.15.